The Bertz CT molecular complexity index is 520. The third-order valence-corrected chi connectivity index (χ3v) is 5.29. The summed E-state index contributed by atoms with van der Waals surface area (Å²) < 4.78 is 0. The molecule has 1 heterocycles. The zero-order valence-electron chi connectivity index (χ0n) is 17.6. The smallest absolute Gasteiger partial charge is 0.191 e. The van der Waals surface area contributed by atoms with Gasteiger partial charge in [-0.2, -0.15) is 0 Å². The molecule has 0 unspecified atom stereocenters. The number of aromatic nitrogens is 1. The van der Waals surface area contributed by atoms with Gasteiger partial charge in [-0.1, -0.05) is 0 Å². The van der Waals surface area contributed by atoms with E-state index in [4.69, 9.17) is 4.99 Å². The topological polar surface area (TPSA) is 52.6 Å². The molecule has 152 valence electrons. The van der Waals surface area contributed by atoms with Crippen LogP contribution in [0, 0.1) is 13.8 Å². The highest BCUT2D eigenvalue weighted by molar-refractivity contribution is 14.0. The van der Waals surface area contributed by atoms with Gasteiger partial charge < -0.3 is 10.6 Å². The van der Waals surface area contributed by atoms with E-state index in [1.807, 2.05) is 0 Å². The summed E-state index contributed by atoms with van der Waals surface area (Å²) in [5.41, 5.74) is 1.16. The standard InChI is InChI=1S/C19H37N5S.HI/c1-8-20-19(21-11-9-13-24(14(2)3)15(4)5)22-12-10-18-16(6)23-17(7)25-18;/h14-15H,8-13H2,1-7H3,(H2,20,21,22);1H. The van der Waals surface area contributed by atoms with Crippen LogP contribution < -0.4 is 10.6 Å². The number of nitrogens with one attached hydrogen (secondary N) is 2. The second-order valence-electron chi connectivity index (χ2n) is 6.96. The average Bonchev–Trinajstić information content (AvgIpc) is 2.84. The molecule has 26 heavy (non-hydrogen) atoms. The lowest BCUT2D eigenvalue weighted by atomic mass is 10.2. The van der Waals surface area contributed by atoms with E-state index in [9.17, 15) is 0 Å². The number of aryl methyl sites for hydroxylation is 2. The third kappa shape index (κ3) is 9.50. The molecule has 0 fully saturated rings. The zero-order chi connectivity index (χ0) is 18.8. The minimum absolute atomic E-state index is 0. The molecule has 0 aromatic carbocycles. The van der Waals surface area contributed by atoms with Crippen LogP contribution in [0.2, 0.25) is 0 Å². The molecule has 0 aliphatic heterocycles. The summed E-state index contributed by atoms with van der Waals surface area (Å²) in [6.45, 7) is 19.0. The van der Waals surface area contributed by atoms with Gasteiger partial charge in [-0.15, -0.1) is 35.3 Å². The lowest BCUT2D eigenvalue weighted by Gasteiger charge is -2.30. The highest BCUT2D eigenvalue weighted by Crippen LogP contribution is 2.17. The van der Waals surface area contributed by atoms with Crippen molar-refractivity contribution in [1.82, 2.24) is 20.5 Å². The van der Waals surface area contributed by atoms with Gasteiger partial charge in [0.1, 0.15) is 0 Å². The Balaban J connectivity index is 0.00000625. The van der Waals surface area contributed by atoms with E-state index in [0.29, 0.717) is 12.1 Å². The number of halogens is 1. The molecule has 0 atom stereocenters. The number of guanidine groups is 1. The van der Waals surface area contributed by atoms with Gasteiger partial charge in [0, 0.05) is 49.6 Å². The van der Waals surface area contributed by atoms with E-state index in [1.54, 1.807) is 11.3 Å². The first kappa shape index (κ1) is 25.6. The van der Waals surface area contributed by atoms with Crippen molar-refractivity contribution < 1.29 is 0 Å². The molecule has 0 radical (unpaired) electrons. The second kappa shape index (κ2) is 13.7. The molecule has 1 rings (SSSR count). The van der Waals surface area contributed by atoms with E-state index < -0.39 is 0 Å². The fraction of sp³-hybridized carbons (Fsp3) is 0.789. The maximum absolute atomic E-state index is 4.72. The highest BCUT2D eigenvalue weighted by atomic mass is 127. The van der Waals surface area contributed by atoms with Gasteiger partial charge in [-0.3, -0.25) is 9.89 Å². The Hall–Kier alpha value is -0.410. The fourth-order valence-corrected chi connectivity index (χ4v) is 3.94. The van der Waals surface area contributed by atoms with Gasteiger partial charge in [0.25, 0.3) is 0 Å². The SMILES string of the molecule is CCNC(=NCCCN(C(C)C)C(C)C)NCCc1sc(C)nc1C.I. The van der Waals surface area contributed by atoms with E-state index in [2.05, 4.69) is 69.0 Å². The van der Waals surface area contributed by atoms with Crippen LogP contribution in [0.25, 0.3) is 0 Å². The predicted octanol–water partition coefficient (Wildman–Crippen LogP) is 3.98. The van der Waals surface area contributed by atoms with Crippen molar-refractivity contribution in [3.63, 3.8) is 0 Å². The first-order chi connectivity index (χ1) is 11.8. The van der Waals surface area contributed by atoms with E-state index in [0.717, 1.165) is 55.7 Å². The summed E-state index contributed by atoms with van der Waals surface area (Å²) >= 11 is 1.79. The molecule has 0 saturated carbocycles. The lowest BCUT2D eigenvalue weighted by molar-refractivity contribution is 0.174. The predicted molar refractivity (Wildman–Crippen MR) is 126 cm³/mol. The van der Waals surface area contributed by atoms with Crippen LogP contribution in [0.15, 0.2) is 4.99 Å². The van der Waals surface area contributed by atoms with Crippen molar-refractivity contribution in [1.29, 1.82) is 0 Å². The minimum Gasteiger partial charge on any atom is -0.357 e. The van der Waals surface area contributed by atoms with Gasteiger partial charge in [0.2, 0.25) is 0 Å². The molecule has 1 aromatic heterocycles. The summed E-state index contributed by atoms with van der Waals surface area (Å²) in [4.78, 5) is 13.1. The number of nitrogens with zero attached hydrogens (tertiary/aromatic N) is 3. The molecule has 0 aliphatic rings. The Kier molecular flexibility index (Phi) is 13.5. The summed E-state index contributed by atoms with van der Waals surface area (Å²) in [7, 11) is 0. The second-order valence-corrected chi connectivity index (χ2v) is 8.25. The molecule has 0 amide bonds. The Morgan fingerprint density at radius 3 is 2.31 bits per heavy atom. The molecule has 1 aromatic rings. The maximum Gasteiger partial charge on any atom is 0.191 e. The number of hydrogen-bond donors (Lipinski definition) is 2. The van der Waals surface area contributed by atoms with Crippen molar-refractivity contribution in [2.75, 3.05) is 26.2 Å². The lowest BCUT2D eigenvalue weighted by Crippen LogP contribution is -2.39. The molecule has 0 saturated heterocycles. The first-order valence-corrected chi connectivity index (χ1v) is 10.4. The summed E-state index contributed by atoms with van der Waals surface area (Å²) in [6.07, 6.45) is 2.08. The highest BCUT2D eigenvalue weighted by Gasteiger charge is 2.12. The first-order valence-electron chi connectivity index (χ1n) is 9.56. The van der Waals surface area contributed by atoms with Crippen LogP contribution in [0.5, 0.6) is 0 Å². The molecule has 7 heteroatoms. The van der Waals surface area contributed by atoms with Crippen molar-refractivity contribution in [3.8, 4) is 0 Å². The van der Waals surface area contributed by atoms with E-state index in [1.165, 1.54) is 4.88 Å². The zero-order valence-corrected chi connectivity index (χ0v) is 20.7. The number of aliphatic imine (C=N–C) groups is 1. The number of thiazole rings is 1. The maximum atomic E-state index is 4.72. The van der Waals surface area contributed by atoms with Crippen LogP contribution >= 0.6 is 35.3 Å². The molecule has 2 N–H and O–H groups in total. The molecular formula is C19H38IN5S. The normalized spacial score (nSPS) is 12.0. The molecule has 0 bridgehead atoms. The van der Waals surface area contributed by atoms with E-state index >= 15 is 0 Å². The number of hydrogen-bond acceptors (Lipinski definition) is 4. The fourth-order valence-electron chi connectivity index (χ4n) is 3.00. The monoisotopic (exact) mass is 495 g/mol. The largest absolute Gasteiger partial charge is 0.357 e. The summed E-state index contributed by atoms with van der Waals surface area (Å²) in [5.74, 6) is 0.919. The molecular weight excluding hydrogens is 457 g/mol. The van der Waals surface area contributed by atoms with Crippen LogP contribution in [0.4, 0.5) is 0 Å². The van der Waals surface area contributed by atoms with Crippen LogP contribution in [0.1, 0.15) is 56.6 Å². The Morgan fingerprint density at radius 1 is 1.15 bits per heavy atom. The van der Waals surface area contributed by atoms with Crippen molar-refractivity contribution in [2.45, 2.75) is 73.4 Å². The Morgan fingerprint density at radius 2 is 1.81 bits per heavy atom. The molecule has 0 spiro atoms. The summed E-state index contributed by atoms with van der Waals surface area (Å²) in [6, 6.07) is 1.17. The van der Waals surface area contributed by atoms with Gasteiger partial charge in [0.05, 0.1) is 10.7 Å². The van der Waals surface area contributed by atoms with Crippen LogP contribution in [0.3, 0.4) is 0 Å². The molecule has 5 nitrogen and oxygen atoms in total. The van der Waals surface area contributed by atoms with Crippen LogP contribution in [-0.2, 0) is 6.42 Å². The quantitative estimate of drug-likeness (QED) is 0.223. The van der Waals surface area contributed by atoms with Crippen molar-refractivity contribution >= 4 is 41.3 Å². The van der Waals surface area contributed by atoms with Gasteiger partial charge in [0.15, 0.2) is 5.96 Å². The number of rotatable bonds is 10. The van der Waals surface area contributed by atoms with Gasteiger partial charge in [-0.25, -0.2) is 4.98 Å². The summed E-state index contributed by atoms with van der Waals surface area (Å²) in [5, 5.41) is 7.93. The third-order valence-electron chi connectivity index (χ3n) is 4.16. The minimum atomic E-state index is 0. The van der Waals surface area contributed by atoms with Crippen molar-refractivity contribution in [2.24, 2.45) is 4.99 Å². The van der Waals surface area contributed by atoms with Gasteiger partial charge in [-0.05, 0) is 54.9 Å². The average molecular weight is 496 g/mol. The Labute approximate surface area is 181 Å². The molecule has 0 aliphatic carbocycles. The van der Waals surface area contributed by atoms with Crippen LogP contribution in [-0.4, -0.2) is 54.1 Å². The van der Waals surface area contributed by atoms with E-state index in [-0.39, 0.29) is 24.0 Å². The van der Waals surface area contributed by atoms with Crippen molar-refractivity contribution in [3.05, 3.63) is 15.6 Å². The van der Waals surface area contributed by atoms with Gasteiger partial charge >= 0.3 is 0 Å².